The summed E-state index contributed by atoms with van der Waals surface area (Å²) in [7, 11) is 0. The fourth-order valence-electron chi connectivity index (χ4n) is 5.26. The first-order valence-corrected chi connectivity index (χ1v) is 10.7. The van der Waals surface area contributed by atoms with E-state index in [2.05, 4.69) is 6.92 Å². The molecule has 3 heteroatoms. The first kappa shape index (κ1) is 19.8. The highest BCUT2D eigenvalue weighted by molar-refractivity contribution is 5.23. The lowest BCUT2D eigenvalue weighted by Gasteiger charge is -2.34. The molecule has 0 atom stereocenters. The maximum absolute atomic E-state index is 13.5. The SMILES string of the molecule is CCCCC1CCC(CC2CCC(c3cc(F)c(F)c(F)c3)CC2)CC1. The standard InChI is InChI=1S/C23H33F3/c1-2-3-4-16-5-7-17(8-6-16)13-18-9-11-19(12-10-18)20-14-21(24)23(26)22(25)15-20/h14-19H,2-13H2,1H3. The Hall–Kier alpha value is -0.990. The van der Waals surface area contributed by atoms with E-state index in [1.54, 1.807) is 0 Å². The number of unbranched alkanes of at least 4 members (excludes halogenated alkanes) is 1. The van der Waals surface area contributed by atoms with Gasteiger partial charge < -0.3 is 0 Å². The molecule has 0 heterocycles. The van der Waals surface area contributed by atoms with Crippen molar-refractivity contribution < 1.29 is 13.2 Å². The number of halogens is 3. The van der Waals surface area contributed by atoms with Gasteiger partial charge in [-0.15, -0.1) is 0 Å². The van der Waals surface area contributed by atoms with Crippen LogP contribution in [-0.4, -0.2) is 0 Å². The lowest BCUT2D eigenvalue weighted by atomic mass is 9.71. The smallest absolute Gasteiger partial charge is 0.194 e. The lowest BCUT2D eigenvalue weighted by molar-refractivity contribution is 0.199. The summed E-state index contributed by atoms with van der Waals surface area (Å²) in [5, 5.41) is 0. The molecule has 146 valence electrons. The van der Waals surface area contributed by atoms with Crippen LogP contribution in [0.25, 0.3) is 0 Å². The summed E-state index contributed by atoms with van der Waals surface area (Å²) in [5.41, 5.74) is 0.635. The maximum atomic E-state index is 13.5. The van der Waals surface area contributed by atoms with Gasteiger partial charge in [-0.1, -0.05) is 51.9 Å². The van der Waals surface area contributed by atoms with Gasteiger partial charge in [0.2, 0.25) is 0 Å². The van der Waals surface area contributed by atoms with Crippen molar-refractivity contribution >= 4 is 0 Å². The molecule has 1 aromatic carbocycles. The molecule has 2 aliphatic rings. The average Bonchev–Trinajstić information content (AvgIpc) is 2.66. The lowest BCUT2D eigenvalue weighted by Crippen LogP contribution is -2.20. The van der Waals surface area contributed by atoms with Gasteiger partial charge >= 0.3 is 0 Å². The number of hydrogen-bond donors (Lipinski definition) is 0. The Bertz CT molecular complexity index is 544. The van der Waals surface area contributed by atoms with Crippen molar-refractivity contribution in [2.45, 2.75) is 89.9 Å². The van der Waals surface area contributed by atoms with Crippen molar-refractivity contribution in [2.75, 3.05) is 0 Å². The summed E-state index contributed by atoms with van der Waals surface area (Å²) in [5.74, 6) is -0.666. The number of benzene rings is 1. The highest BCUT2D eigenvalue weighted by Gasteiger charge is 2.28. The van der Waals surface area contributed by atoms with Crippen LogP contribution in [0.15, 0.2) is 12.1 Å². The molecule has 2 saturated carbocycles. The summed E-state index contributed by atoms with van der Waals surface area (Å²) in [6, 6.07) is 2.39. The predicted molar refractivity (Wildman–Crippen MR) is 101 cm³/mol. The van der Waals surface area contributed by atoms with Gasteiger partial charge in [-0.05, 0) is 73.5 Å². The molecule has 0 N–H and O–H groups in total. The Morgan fingerprint density at radius 2 is 1.27 bits per heavy atom. The van der Waals surface area contributed by atoms with E-state index in [0.29, 0.717) is 5.56 Å². The second-order valence-electron chi connectivity index (χ2n) is 8.78. The van der Waals surface area contributed by atoms with Crippen LogP contribution in [0.2, 0.25) is 0 Å². The molecule has 0 amide bonds. The van der Waals surface area contributed by atoms with Gasteiger partial charge in [-0.3, -0.25) is 0 Å². The van der Waals surface area contributed by atoms with E-state index in [9.17, 15) is 13.2 Å². The maximum Gasteiger partial charge on any atom is 0.194 e. The van der Waals surface area contributed by atoms with Crippen LogP contribution in [0.3, 0.4) is 0 Å². The Kier molecular flexibility index (Phi) is 7.05. The molecule has 0 radical (unpaired) electrons. The molecule has 0 nitrogen and oxygen atoms in total. The highest BCUT2D eigenvalue weighted by Crippen LogP contribution is 2.42. The monoisotopic (exact) mass is 366 g/mol. The third-order valence-electron chi connectivity index (χ3n) is 6.92. The Morgan fingerprint density at radius 3 is 1.81 bits per heavy atom. The summed E-state index contributed by atoms with van der Waals surface area (Å²) in [6.07, 6.45) is 15.3. The second kappa shape index (κ2) is 9.28. The molecular formula is C23H33F3. The summed E-state index contributed by atoms with van der Waals surface area (Å²) in [6.45, 7) is 2.27. The van der Waals surface area contributed by atoms with Gasteiger partial charge in [-0.25, -0.2) is 13.2 Å². The summed E-state index contributed by atoms with van der Waals surface area (Å²) in [4.78, 5) is 0. The third-order valence-corrected chi connectivity index (χ3v) is 6.92. The van der Waals surface area contributed by atoms with E-state index in [1.165, 1.54) is 63.5 Å². The topological polar surface area (TPSA) is 0 Å². The van der Waals surface area contributed by atoms with Crippen LogP contribution >= 0.6 is 0 Å². The van der Waals surface area contributed by atoms with E-state index >= 15 is 0 Å². The van der Waals surface area contributed by atoms with Crippen LogP contribution in [0.4, 0.5) is 13.2 Å². The molecule has 3 rings (SSSR count). The first-order valence-electron chi connectivity index (χ1n) is 10.7. The van der Waals surface area contributed by atoms with Gasteiger partial charge in [0.05, 0.1) is 0 Å². The second-order valence-corrected chi connectivity index (χ2v) is 8.78. The van der Waals surface area contributed by atoms with Crippen molar-refractivity contribution in [1.29, 1.82) is 0 Å². The van der Waals surface area contributed by atoms with E-state index < -0.39 is 17.5 Å². The Balaban J connectivity index is 1.43. The van der Waals surface area contributed by atoms with Crippen LogP contribution in [0.1, 0.15) is 95.5 Å². The van der Waals surface area contributed by atoms with E-state index in [4.69, 9.17) is 0 Å². The molecule has 2 aliphatic carbocycles. The first-order chi connectivity index (χ1) is 12.6. The molecule has 0 saturated heterocycles. The van der Waals surface area contributed by atoms with Crippen molar-refractivity contribution in [3.05, 3.63) is 35.1 Å². The van der Waals surface area contributed by atoms with Crippen molar-refractivity contribution in [2.24, 2.45) is 17.8 Å². The van der Waals surface area contributed by atoms with Crippen LogP contribution in [0.5, 0.6) is 0 Å². The molecule has 26 heavy (non-hydrogen) atoms. The van der Waals surface area contributed by atoms with Gasteiger partial charge in [0.25, 0.3) is 0 Å². The van der Waals surface area contributed by atoms with Crippen molar-refractivity contribution in [1.82, 2.24) is 0 Å². The van der Waals surface area contributed by atoms with E-state index in [-0.39, 0.29) is 5.92 Å². The van der Waals surface area contributed by atoms with Gasteiger partial charge in [0.15, 0.2) is 17.5 Å². The van der Waals surface area contributed by atoms with Crippen LogP contribution in [-0.2, 0) is 0 Å². The van der Waals surface area contributed by atoms with Gasteiger partial charge in [-0.2, -0.15) is 0 Å². The molecule has 0 aromatic heterocycles. The van der Waals surface area contributed by atoms with Crippen LogP contribution in [0, 0.1) is 35.2 Å². The van der Waals surface area contributed by atoms with Crippen molar-refractivity contribution in [3.63, 3.8) is 0 Å². The van der Waals surface area contributed by atoms with E-state index in [1.807, 2.05) is 0 Å². The minimum atomic E-state index is -1.35. The Labute approximate surface area is 156 Å². The third kappa shape index (κ3) is 5.04. The molecule has 2 fully saturated rings. The number of hydrogen-bond acceptors (Lipinski definition) is 0. The van der Waals surface area contributed by atoms with Crippen molar-refractivity contribution in [3.8, 4) is 0 Å². The van der Waals surface area contributed by atoms with E-state index in [0.717, 1.165) is 43.4 Å². The molecule has 0 spiro atoms. The zero-order chi connectivity index (χ0) is 18.5. The van der Waals surface area contributed by atoms with Gasteiger partial charge in [0.1, 0.15) is 0 Å². The van der Waals surface area contributed by atoms with Crippen LogP contribution < -0.4 is 0 Å². The molecular weight excluding hydrogens is 333 g/mol. The Morgan fingerprint density at radius 1 is 0.769 bits per heavy atom. The molecule has 1 aromatic rings. The van der Waals surface area contributed by atoms with Gasteiger partial charge in [0, 0.05) is 0 Å². The minimum Gasteiger partial charge on any atom is -0.204 e. The largest absolute Gasteiger partial charge is 0.204 e. The normalized spacial score (nSPS) is 29.7. The minimum absolute atomic E-state index is 0.181. The molecule has 0 unspecified atom stereocenters. The average molecular weight is 367 g/mol. The summed E-state index contributed by atoms with van der Waals surface area (Å²) < 4.78 is 40.1. The quantitative estimate of drug-likeness (QED) is 0.451. The fourth-order valence-corrected chi connectivity index (χ4v) is 5.26. The number of rotatable bonds is 6. The molecule has 0 aliphatic heterocycles. The highest BCUT2D eigenvalue weighted by atomic mass is 19.2. The zero-order valence-corrected chi connectivity index (χ0v) is 16.1. The zero-order valence-electron chi connectivity index (χ0n) is 16.1. The fraction of sp³-hybridized carbons (Fsp3) is 0.739. The predicted octanol–water partition coefficient (Wildman–Crippen LogP) is 7.76. The summed E-state index contributed by atoms with van der Waals surface area (Å²) >= 11 is 0. The molecule has 0 bridgehead atoms.